The molecule has 2 aromatic rings. The van der Waals surface area contributed by atoms with E-state index in [9.17, 15) is 4.79 Å². The molecule has 2 rings (SSSR count). The second-order valence-corrected chi connectivity index (χ2v) is 6.87. The van der Waals surface area contributed by atoms with Crippen LogP contribution in [0.4, 0.5) is 5.95 Å². The quantitative estimate of drug-likeness (QED) is 0.727. The monoisotopic (exact) mass is 407 g/mol. The van der Waals surface area contributed by atoms with Crippen LogP contribution in [0.25, 0.3) is 11.3 Å². The minimum absolute atomic E-state index is 0.0929. The van der Waals surface area contributed by atoms with Gasteiger partial charge in [0.2, 0.25) is 5.95 Å². The van der Waals surface area contributed by atoms with E-state index in [1.54, 1.807) is 13.8 Å². The van der Waals surface area contributed by atoms with Crippen LogP contribution in [0.5, 0.6) is 5.75 Å². The highest BCUT2D eigenvalue weighted by molar-refractivity contribution is 9.10. The summed E-state index contributed by atoms with van der Waals surface area (Å²) in [5.74, 6) is 0.596. The smallest absolute Gasteiger partial charge is 0.342 e. The van der Waals surface area contributed by atoms with Crippen LogP contribution in [0.1, 0.15) is 36.8 Å². The van der Waals surface area contributed by atoms with Gasteiger partial charge in [0.1, 0.15) is 11.3 Å². The van der Waals surface area contributed by atoms with E-state index in [0.29, 0.717) is 40.8 Å². The number of benzene rings is 1. The van der Waals surface area contributed by atoms with Crippen LogP contribution in [0.2, 0.25) is 0 Å². The normalized spacial score (nSPS) is 10.8. The number of nitrogens with two attached hydrogens (primary N) is 1. The molecule has 0 spiro atoms. The van der Waals surface area contributed by atoms with Crippen LogP contribution in [-0.4, -0.2) is 29.2 Å². The van der Waals surface area contributed by atoms with Crippen molar-refractivity contribution in [2.75, 3.05) is 18.9 Å². The van der Waals surface area contributed by atoms with E-state index < -0.39 is 5.97 Å². The van der Waals surface area contributed by atoms with E-state index in [0.717, 1.165) is 4.47 Å². The Balaban J connectivity index is 2.64. The zero-order chi connectivity index (χ0) is 18.6. The molecule has 0 saturated carbocycles. The Bertz CT molecular complexity index is 778. The Morgan fingerprint density at radius 3 is 2.68 bits per heavy atom. The van der Waals surface area contributed by atoms with E-state index in [-0.39, 0.29) is 12.6 Å². The zero-order valence-electron chi connectivity index (χ0n) is 14.8. The molecular formula is C18H22BrN3O3. The molecule has 0 bridgehead atoms. The van der Waals surface area contributed by atoms with Gasteiger partial charge in [-0.25, -0.2) is 14.8 Å². The van der Waals surface area contributed by atoms with E-state index in [1.165, 1.54) is 0 Å². The molecule has 7 heteroatoms. The predicted molar refractivity (Wildman–Crippen MR) is 101 cm³/mol. The Morgan fingerprint density at radius 2 is 2.04 bits per heavy atom. The van der Waals surface area contributed by atoms with Crippen molar-refractivity contribution in [2.24, 2.45) is 5.92 Å². The van der Waals surface area contributed by atoms with Crippen molar-refractivity contribution in [3.8, 4) is 17.0 Å². The van der Waals surface area contributed by atoms with Crippen LogP contribution >= 0.6 is 15.9 Å². The van der Waals surface area contributed by atoms with Gasteiger partial charge in [0.15, 0.2) is 0 Å². The summed E-state index contributed by atoms with van der Waals surface area (Å²) in [5.41, 5.74) is 7.65. The molecule has 6 nitrogen and oxygen atoms in total. The Morgan fingerprint density at radius 1 is 1.32 bits per heavy atom. The average molecular weight is 408 g/mol. The number of nitrogens with zero attached hydrogens (tertiary/aromatic N) is 2. The summed E-state index contributed by atoms with van der Waals surface area (Å²) in [4.78, 5) is 20.8. The zero-order valence-corrected chi connectivity index (χ0v) is 16.4. The molecule has 134 valence electrons. The van der Waals surface area contributed by atoms with Crippen LogP contribution < -0.4 is 10.5 Å². The summed E-state index contributed by atoms with van der Waals surface area (Å²) in [6, 6.07) is 5.56. The highest BCUT2D eigenvalue weighted by Crippen LogP contribution is 2.35. The van der Waals surface area contributed by atoms with Crippen LogP contribution in [0.3, 0.4) is 0 Å². The lowest BCUT2D eigenvalue weighted by Gasteiger charge is -2.16. The number of hydrogen-bond donors (Lipinski definition) is 1. The maximum atomic E-state index is 12.4. The van der Waals surface area contributed by atoms with Gasteiger partial charge in [0.25, 0.3) is 0 Å². The number of aromatic nitrogens is 2. The summed E-state index contributed by atoms with van der Waals surface area (Å²) in [6.07, 6.45) is 0. The number of nitrogen functional groups attached to an aromatic ring is 1. The van der Waals surface area contributed by atoms with E-state index in [1.807, 2.05) is 18.2 Å². The van der Waals surface area contributed by atoms with Crippen LogP contribution in [0.15, 0.2) is 22.7 Å². The number of rotatable bonds is 6. The largest absolute Gasteiger partial charge is 0.493 e. The van der Waals surface area contributed by atoms with Crippen molar-refractivity contribution in [3.05, 3.63) is 33.9 Å². The molecule has 0 atom stereocenters. The number of anilines is 1. The van der Waals surface area contributed by atoms with Gasteiger partial charge >= 0.3 is 5.97 Å². The van der Waals surface area contributed by atoms with Gasteiger partial charge in [-0.1, -0.05) is 29.8 Å². The number of halogens is 1. The maximum absolute atomic E-state index is 12.4. The van der Waals surface area contributed by atoms with Crippen molar-refractivity contribution in [1.82, 2.24) is 9.97 Å². The maximum Gasteiger partial charge on any atom is 0.342 e. The van der Waals surface area contributed by atoms with Crippen molar-refractivity contribution >= 4 is 27.8 Å². The first-order valence-electron chi connectivity index (χ1n) is 8.07. The number of ether oxygens (including phenoxy) is 2. The molecule has 2 N–H and O–H groups in total. The summed E-state index contributed by atoms with van der Waals surface area (Å²) in [5, 5.41) is 0. The topological polar surface area (TPSA) is 87.3 Å². The summed E-state index contributed by atoms with van der Waals surface area (Å²) >= 11 is 3.46. The number of esters is 1. The molecule has 0 aliphatic carbocycles. The second-order valence-electron chi connectivity index (χ2n) is 5.96. The number of aryl methyl sites for hydroxylation is 1. The first-order valence-corrected chi connectivity index (χ1v) is 8.86. The third-order valence-corrected chi connectivity index (χ3v) is 3.85. The number of hydrogen-bond acceptors (Lipinski definition) is 6. The van der Waals surface area contributed by atoms with Crippen LogP contribution in [0, 0.1) is 12.8 Å². The highest BCUT2D eigenvalue weighted by atomic mass is 79.9. The molecule has 0 aliphatic rings. The van der Waals surface area contributed by atoms with Gasteiger partial charge in [-0.15, -0.1) is 0 Å². The average Bonchev–Trinajstić information content (AvgIpc) is 2.52. The molecule has 0 radical (unpaired) electrons. The van der Waals surface area contributed by atoms with E-state index in [4.69, 9.17) is 15.2 Å². The first-order chi connectivity index (χ1) is 11.8. The molecule has 25 heavy (non-hydrogen) atoms. The molecule has 0 saturated heterocycles. The summed E-state index contributed by atoms with van der Waals surface area (Å²) < 4.78 is 11.9. The molecule has 0 fully saturated rings. The molecule has 1 heterocycles. The SMILES string of the molecule is CCOC(=O)c1c(C)nc(N)nc1-c1cc(Br)ccc1OCC(C)C. The van der Waals surface area contributed by atoms with Crippen molar-refractivity contribution in [1.29, 1.82) is 0 Å². The van der Waals surface area contributed by atoms with Gasteiger partial charge in [-0.2, -0.15) is 0 Å². The van der Waals surface area contributed by atoms with Gasteiger partial charge < -0.3 is 15.2 Å². The molecule has 1 aromatic heterocycles. The minimum atomic E-state index is -0.482. The standard InChI is InChI=1S/C18H22BrN3O3/c1-5-24-17(23)15-11(4)21-18(20)22-16(15)13-8-12(19)6-7-14(13)25-9-10(2)3/h6-8,10H,5,9H2,1-4H3,(H2,20,21,22). The van der Waals surface area contributed by atoms with E-state index >= 15 is 0 Å². The predicted octanol–water partition coefficient (Wildman–Crippen LogP) is 4.01. The van der Waals surface area contributed by atoms with Crippen molar-refractivity contribution in [3.63, 3.8) is 0 Å². The third-order valence-electron chi connectivity index (χ3n) is 3.36. The Kier molecular flexibility index (Phi) is 6.36. The third kappa shape index (κ3) is 4.69. The molecule has 0 aliphatic heterocycles. The second kappa shape index (κ2) is 8.29. The minimum Gasteiger partial charge on any atom is -0.493 e. The Hall–Kier alpha value is -2.15. The fraction of sp³-hybridized carbons (Fsp3) is 0.389. The van der Waals surface area contributed by atoms with Crippen LogP contribution in [-0.2, 0) is 4.74 Å². The summed E-state index contributed by atoms with van der Waals surface area (Å²) in [7, 11) is 0. The molecule has 1 aromatic carbocycles. The van der Waals surface area contributed by atoms with Crippen molar-refractivity contribution < 1.29 is 14.3 Å². The molecule has 0 amide bonds. The lowest BCUT2D eigenvalue weighted by atomic mass is 10.0. The van der Waals surface area contributed by atoms with Crippen molar-refractivity contribution in [2.45, 2.75) is 27.7 Å². The van der Waals surface area contributed by atoms with Gasteiger partial charge in [-0.05, 0) is 38.0 Å². The van der Waals surface area contributed by atoms with Gasteiger partial charge in [0.05, 0.1) is 24.6 Å². The fourth-order valence-electron chi connectivity index (χ4n) is 2.31. The Labute approximate surface area is 155 Å². The molecular weight excluding hydrogens is 386 g/mol. The number of carbonyl (C=O) groups is 1. The lowest BCUT2D eigenvalue weighted by Crippen LogP contribution is -2.14. The van der Waals surface area contributed by atoms with Gasteiger partial charge in [-0.3, -0.25) is 0 Å². The molecule has 0 unspecified atom stereocenters. The lowest BCUT2D eigenvalue weighted by molar-refractivity contribution is 0.0525. The number of carbonyl (C=O) groups excluding carboxylic acids is 1. The first kappa shape index (κ1) is 19.2. The van der Waals surface area contributed by atoms with Gasteiger partial charge in [0, 0.05) is 10.0 Å². The summed E-state index contributed by atoms with van der Waals surface area (Å²) in [6.45, 7) is 8.40. The highest BCUT2D eigenvalue weighted by Gasteiger charge is 2.23. The fourth-order valence-corrected chi connectivity index (χ4v) is 2.67. The van der Waals surface area contributed by atoms with E-state index in [2.05, 4.69) is 39.7 Å².